The number of aromatic nitrogens is 2. The van der Waals surface area contributed by atoms with E-state index in [-0.39, 0.29) is 6.79 Å². The molecule has 0 fully saturated rings. The zero-order chi connectivity index (χ0) is 12.7. The molecule has 1 aliphatic heterocycles. The number of imidazole rings is 1. The van der Waals surface area contributed by atoms with Gasteiger partial charge in [0.1, 0.15) is 17.6 Å². The van der Waals surface area contributed by atoms with Crippen LogP contribution in [-0.2, 0) is 7.05 Å². The number of nitriles is 1. The Bertz CT molecular complexity index is 668. The Kier molecular flexibility index (Phi) is 2.23. The van der Waals surface area contributed by atoms with E-state index >= 15 is 0 Å². The van der Waals surface area contributed by atoms with Crippen molar-refractivity contribution in [1.82, 2.24) is 9.55 Å². The number of ether oxygens (including phenoxy) is 2. The van der Waals surface area contributed by atoms with E-state index in [1.54, 1.807) is 4.57 Å². The smallest absolute Gasteiger partial charge is 0.231 e. The van der Waals surface area contributed by atoms with Gasteiger partial charge in [0.25, 0.3) is 0 Å². The van der Waals surface area contributed by atoms with Crippen molar-refractivity contribution in [3.8, 4) is 29.0 Å². The molecule has 0 unspecified atom stereocenters. The molecule has 1 aromatic heterocycles. The highest BCUT2D eigenvalue weighted by atomic mass is 16.7. The van der Waals surface area contributed by atoms with Crippen LogP contribution in [0.2, 0.25) is 0 Å². The van der Waals surface area contributed by atoms with Crippen molar-refractivity contribution >= 4 is 0 Å². The Morgan fingerprint density at radius 1 is 1.33 bits per heavy atom. The zero-order valence-corrected chi connectivity index (χ0v) is 10.1. The SMILES string of the molecule is Cc1nc(-c2ccc3c(c2)OCO3)n(C)c1C#N. The fourth-order valence-corrected chi connectivity index (χ4v) is 2.09. The molecule has 0 spiro atoms. The van der Waals surface area contributed by atoms with Gasteiger partial charge in [0, 0.05) is 12.6 Å². The fraction of sp³-hybridized carbons (Fsp3) is 0.231. The Hall–Kier alpha value is -2.48. The molecule has 0 saturated heterocycles. The first-order chi connectivity index (χ1) is 8.70. The van der Waals surface area contributed by atoms with Gasteiger partial charge in [-0.25, -0.2) is 4.98 Å². The average Bonchev–Trinajstić information content (AvgIpc) is 2.93. The summed E-state index contributed by atoms with van der Waals surface area (Å²) in [5.41, 5.74) is 2.21. The van der Waals surface area contributed by atoms with Gasteiger partial charge in [0.2, 0.25) is 6.79 Å². The van der Waals surface area contributed by atoms with E-state index in [0.717, 1.165) is 22.8 Å². The van der Waals surface area contributed by atoms with Gasteiger partial charge in [0.15, 0.2) is 11.5 Å². The van der Waals surface area contributed by atoms with Crippen molar-refractivity contribution in [2.24, 2.45) is 7.05 Å². The van der Waals surface area contributed by atoms with Crippen molar-refractivity contribution in [3.05, 3.63) is 29.6 Å². The minimum absolute atomic E-state index is 0.252. The molecular weight excluding hydrogens is 230 g/mol. The molecule has 0 amide bonds. The molecule has 0 aliphatic carbocycles. The highest BCUT2D eigenvalue weighted by molar-refractivity contribution is 5.63. The fourth-order valence-electron chi connectivity index (χ4n) is 2.09. The van der Waals surface area contributed by atoms with Gasteiger partial charge < -0.3 is 14.0 Å². The summed E-state index contributed by atoms with van der Waals surface area (Å²) in [5, 5.41) is 9.06. The van der Waals surface area contributed by atoms with Gasteiger partial charge in [0.05, 0.1) is 5.69 Å². The first-order valence-electron chi connectivity index (χ1n) is 5.54. The summed E-state index contributed by atoms with van der Waals surface area (Å²) in [6.45, 7) is 2.08. The molecule has 5 heteroatoms. The molecular formula is C13H11N3O2. The third kappa shape index (κ3) is 1.43. The monoisotopic (exact) mass is 241 g/mol. The molecule has 0 bridgehead atoms. The van der Waals surface area contributed by atoms with Crippen LogP contribution in [-0.4, -0.2) is 16.3 Å². The minimum Gasteiger partial charge on any atom is -0.454 e. The lowest BCUT2D eigenvalue weighted by atomic mass is 10.2. The van der Waals surface area contributed by atoms with Crippen molar-refractivity contribution in [2.75, 3.05) is 6.79 Å². The number of aryl methyl sites for hydroxylation is 1. The van der Waals surface area contributed by atoms with Crippen molar-refractivity contribution in [3.63, 3.8) is 0 Å². The molecule has 18 heavy (non-hydrogen) atoms. The van der Waals surface area contributed by atoms with Crippen LogP contribution in [0.4, 0.5) is 0 Å². The van der Waals surface area contributed by atoms with E-state index in [9.17, 15) is 0 Å². The molecule has 3 rings (SSSR count). The lowest BCUT2D eigenvalue weighted by molar-refractivity contribution is 0.174. The molecule has 0 radical (unpaired) electrons. The maximum atomic E-state index is 9.06. The Balaban J connectivity index is 2.14. The third-order valence-electron chi connectivity index (χ3n) is 3.01. The number of rotatable bonds is 1. The Morgan fingerprint density at radius 2 is 2.11 bits per heavy atom. The summed E-state index contributed by atoms with van der Waals surface area (Å²) < 4.78 is 12.4. The summed E-state index contributed by atoms with van der Waals surface area (Å²) in [7, 11) is 1.83. The van der Waals surface area contributed by atoms with Crippen LogP contribution in [0.25, 0.3) is 11.4 Å². The van der Waals surface area contributed by atoms with Crippen molar-refractivity contribution < 1.29 is 9.47 Å². The average molecular weight is 241 g/mol. The molecule has 1 aromatic carbocycles. The quantitative estimate of drug-likeness (QED) is 0.766. The number of benzene rings is 1. The summed E-state index contributed by atoms with van der Waals surface area (Å²) in [5.74, 6) is 2.21. The summed E-state index contributed by atoms with van der Waals surface area (Å²) in [4.78, 5) is 4.42. The first-order valence-corrected chi connectivity index (χ1v) is 5.54. The van der Waals surface area contributed by atoms with Crippen LogP contribution >= 0.6 is 0 Å². The second kappa shape index (κ2) is 3.77. The number of hydrogen-bond acceptors (Lipinski definition) is 4. The molecule has 2 aromatic rings. The highest BCUT2D eigenvalue weighted by Crippen LogP contribution is 2.35. The van der Waals surface area contributed by atoms with Gasteiger partial charge in [-0.3, -0.25) is 0 Å². The third-order valence-corrected chi connectivity index (χ3v) is 3.01. The van der Waals surface area contributed by atoms with Crippen molar-refractivity contribution in [2.45, 2.75) is 6.92 Å². The molecule has 90 valence electrons. The van der Waals surface area contributed by atoms with Crippen LogP contribution in [0, 0.1) is 18.3 Å². The van der Waals surface area contributed by atoms with Gasteiger partial charge in [-0.05, 0) is 25.1 Å². The van der Waals surface area contributed by atoms with Crippen LogP contribution in [0.1, 0.15) is 11.4 Å². The molecule has 1 aliphatic rings. The number of nitrogens with zero attached hydrogens (tertiary/aromatic N) is 3. The summed E-state index contributed by atoms with van der Waals surface area (Å²) in [6.07, 6.45) is 0. The number of fused-ring (bicyclic) bond motifs is 1. The molecule has 0 atom stereocenters. The van der Waals surface area contributed by atoms with E-state index in [4.69, 9.17) is 14.7 Å². The predicted molar refractivity (Wildman–Crippen MR) is 64.2 cm³/mol. The maximum Gasteiger partial charge on any atom is 0.231 e. The second-order valence-electron chi connectivity index (χ2n) is 4.11. The molecule has 5 nitrogen and oxygen atoms in total. The number of hydrogen-bond donors (Lipinski definition) is 0. The van der Waals surface area contributed by atoms with Crippen LogP contribution < -0.4 is 9.47 Å². The summed E-state index contributed by atoms with van der Waals surface area (Å²) in [6, 6.07) is 7.80. The van der Waals surface area contributed by atoms with Crippen LogP contribution in [0.15, 0.2) is 18.2 Å². The highest BCUT2D eigenvalue weighted by Gasteiger charge is 2.17. The summed E-state index contributed by atoms with van der Waals surface area (Å²) >= 11 is 0. The van der Waals surface area contributed by atoms with E-state index in [1.165, 1.54) is 0 Å². The molecule has 0 saturated carbocycles. The van der Waals surface area contributed by atoms with E-state index in [0.29, 0.717) is 11.4 Å². The lowest BCUT2D eigenvalue weighted by Crippen LogP contribution is -1.95. The predicted octanol–water partition coefficient (Wildman–Crippen LogP) is 2.00. The molecule has 2 heterocycles. The van der Waals surface area contributed by atoms with Crippen LogP contribution in [0.5, 0.6) is 11.5 Å². The van der Waals surface area contributed by atoms with Gasteiger partial charge in [-0.1, -0.05) is 0 Å². The standard InChI is InChI=1S/C13H11N3O2/c1-8-10(6-14)16(2)13(15-8)9-3-4-11-12(5-9)18-7-17-11/h3-5H,7H2,1-2H3. The zero-order valence-electron chi connectivity index (χ0n) is 10.1. The molecule has 0 N–H and O–H groups in total. The van der Waals surface area contributed by atoms with Gasteiger partial charge >= 0.3 is 0 Å². The van der Waals surface area contributed by atoms with E-state index < -0.39 is 0 Å². The lowest BCUT2D eigenvalue weighted by Gasteiger charge is -2.03. The Labute approximate surface area is 104 Å². The van der Waals surface area contributed by atoms with E-state index in [2.05, 4.69) is 11.1 Å². The first kappa shape index (κ1) is 10.7. The Morgan fingerprint density at radius 3 is 2.83 bits per heavy atom. The topological polar surface area (TPSA) is 60.1 Å². The van der Waals surface area contributed by atoms with Crippen molar-refractivity contribution in [1.29, 1.82) is 5.26 Å². The van der Waals surface area contributed by atoms with Crippen LogP contribution in [0.3, 0.4) is 0 Å². The minimum atomic E-state index is 0.252. The normalized spacial score (nSPS) is 12.5. The van der Waals surface area contributed by atoms with Gasteiger partial charge in [-0.15, -0.1) is 0 Å². The maximum absolute atomic E-state index is 9.06. The largest absolute Gasteiger partial charge is 0.454 e. The van der Waals surface area contributed by atoms with E-state index in [1.807, 2.05) is 32.2 Å². The van der Waals surface area contributed by atoms with Gasteiger partial charge in [-0.2, -0.15) is 5.26 Å². The second-order valence-corrected chi connectivity index (χ2v) is 4.11.